The molecule has 0 spiro atoms. The van der Waals surface area contributed by atoms with Crippen LogP contribution in [0.15, 0.2) is 34.8 Å². The van der Waals surface area contributed by atoms with Gasteiger partial charge in [0.1, 0.15) is 0 Å². The zero-order valence-corrected chi connectivity index (χ0v) is 19.9. The van der Waals surface area contributed by atoms with Gasteiger partial charge in [0.25, 0.3) is 0 Å². The molecule has 1 aromatic heterocycles. The smallest absolute Gasteiger partial charge is 0.191 e. The van der Waals surface area contributed by atoms with Gasteiger partial charge < -0.3 is 15.7 Å². The molecule has 7 heteroatoms. The predicted octanol–water partition coefficient (Wildman–Crippen LogP) is 4.16. The van der Waals surface area contributed by atoms with Crippen molar-refractivity contribution >= 4 is 41.3 Å². The number of benzene rings is 1. The van der Waals surface area contributed by atoms with Crippen molar-refractivity contribution in [2.75, 3.05) is 13.1 Å². The summed E-state index contributed by atoms with van der Waals surface area (Å²) in [6.07, 6.45) is -0.585. The zero-order valence-electron chi connectivity index (χ0n) is 16.7. The van der Waals surface area contributed by atoms with E-state index in [0.29, 0.717) is 19.0 Å². The number of nitrogens with zero attached hydrogens (tertiary/aromatic N) is 2. The third-order valence-corrected chi connectivity index (χ3v) is 5.11. The summed E-state index contributed by atoms with van der Waals surface area (Å²) in [6, 6.07) is 8.17. The number of hydrogen-bond acceptors (Lipinski definition) is 4. The molecule has 1 atom stereocenters. The Morgan fingerprint density at radius 3 is 2.41 bits per heavy atom. The third kappa shape index (κ3) is 7.38. The Balaban J connectivity index is 0.00000364. The molecule has 0 aliphatic carbocycles. The molecule has 0 radical (unpaired) electrons. The van der Waals surface area contributed by atoms with Gasteiger partial charge in [-0.15, -0.1) is 35.3 Å². The maximum atomic E-state index is 10.5. The van der Waals surface area contributed by atoms with Crippen LogP contribution in [0.3, 0.4) is 0 Å². The van der Waals surface area contributed by atoms with Crippen LogP contribution in [-0.2, 0) is 12.0 Å². The van der Waals surface area contributed by atoms with Crippen LogP contribution >= 0.6 is 35.3 Å². The SMILES string of the molecule is CCNC(=NCc1scnc1C)NCC(O)c1ccc(C(C)(C)C)cc1.I. The fourth-order valence-corrected chi connectivity index (χ4v) is 3.19. The highest BCUT2D eigenvalue weighted by Crippen LogP contribution is 2.23. The lowest BCUT2D eigenvalue weighted by atomic mass is 9.86. The summed E-state index contributed by atoms with van der Waals surface area (Å²) in [5, 5.41) is 16.9. The number of aliphatic hydroxyl groups is 1. The number of guanidine groups is 1. The van der Waals surface area contributed by atoms with Crippen LogP contribution < -0.4 is 10.6 Å². The van der Waals surface area contributed by atoms with Gasteiger partial charge >= 0.3 is 0 Å². The van der Waals surface area contributed by atoms with Crippen LogP contribution in [0.4, 0.5) is 0 Å². The van der Waals surface area contributed by atoms with Crippen molar-refractivity contribution in [1.29, 1.82) is 0 Å². The van der Waals surface area contributed by atoms with E-state index in [1.807, 2.05) is 31.5 Å². The fourth-order valence-electron chi connectivity index (χ4n) is 2.49. The Labute approximate surface area is 183 Å². The minimum absolute atomic E-state index is 0. The van der Waals surface area contributed by atoms with Gasteiger partial charge in [0.15, 0.2) is 5.96 Å². The molecular weight excluding hydrogens is 471 g/mol. The maximum absolute atomic E-state index is 10.5. The second-order valence-electron chi connectivity index (χ2n) is 7.32. The van der Waals surface area contributed by atoms with E-state index in [0.717, 1.165) is 22.7 Å². The first-order valence-electron chi connectivity index (χ1n) is 9.01. The minimum Gasteiger partial charge on any atom is -0.387 e. The molecule has 0 aliphatic heterocycles. The molecule has 2 rings (SSSR count). The summed E-state index contributed by atoms with van der Waals surface area (Å²) < 4.78 is 0. The molecule has 2 aromatic rings. The minimum atomic E-state index is -0.585. The van der Waals surface area contributed by atoms with Gasteiger partial charge in [-0.1, -0.05) is 45.0 Å². The molecule has 3 N–H and O–H groups in total. The molecule has 0 bridgehead atoms. The second kappa shape index (κ2) is 11.0. The topological polar surface area (TPSA) is 69.5 Å². The quantitative estimate of drug-likeness (QED) is 0.315. The Morgan fingerprint density at radius 2 is 1.89 bits per heavy atom. The highest BCUT2D eigenvalue weighted by Gasteiger charge is 2.15. The van der Waals surface area contributed by atoms with Crippen molar-refractivity contribution in [1.82, 2.24) is 15.6 Å². The molecule has 1 unspecified atom stereocenters. The normalized spacial score (nSPS) is 13.0. The molecule has 150 valence electrons. The van der Waals surface area contributed by atoms with Gasteiger partial charge in [0.05, 0.1) is 23.9 Å². The largest absolute Gasteiger partial charge is 0.387 e. The van der Waals surface area contributed by atoms with E-state index in [9.17, 15) is 5.11 Å². The standard InChI is InChI=1S/C20H30N4OS.HI/c1-6-21-19(23-12-18-14(2)24-13-26-18)22-11-17(25)15-7-9-16(10-8-15)20(3,4)5;/h7-10,13,17,25H,6,11-12H2,1-5H3,(H2,21,22,23);1H. The fraction of sp³-hybridized carbons (Fsp3) is 0.500. The second-order valence-corrected chi connectivity index (χ2v) is 8.26. The van der Waals surface area contributed by atoms with Crippen LogP contribution in [0.1, 0.15) is 55.5 Å². The lowest BCUT2D eigenvalue weighted by Crippen LogP contribution is -2.39. The number of nitrogens with one attached hydrogen (secondary N) is 2. The van der Waals surface area contributed by atoms with Crippen molar-refractivity contribution < 1.29 is 5.11 Å². The van der Waals surface area contributed by atoms with E-state index in [4.69, 9.17) is 0 Å². The van der Waals surface area contributed by atoms with Crippen molar-refractivity contribution in [3.8, 4) is 0 Å². The summed E-state index contributed by atoms with van der Waals surface area (Å²) in [6.45, 7) is 12.3. The van der Waals surface area contributed by atoms with E-state index in [2.05, 4.69) is 53.5 Å². The molecule has 27 heavy (non-hydrogen) atoms. The van der Waals surface area contributed by atoms with Gasteiger partial charge in [-0.05, 0) is 30.4 Å². The molecule has 0 aliphatic rings. The van der Waals surface area contributed by atoms with Crippen LogP contribution in [0.2, 0.25) is 0 Å². The first-order chi connectivity index (χ1) is 12.3. The summed E-state index contributed by atoms with van der Waals surface area (Å²) >= 11 is 1.61. The van der Waals surface area contributed by atoms with Gasteiger partial charge in [-0.2, -0.15) is 0 Å². The number of halogens is 1. The number of hydrogen-bond donors (Lipinski definition) is 3. The highest BCUT2D eigenvalue weighted by molar-refractivity contribution is 14.0. The average Bonchev–Trinajstić information content (AvgIpc) is 3.01. The molecule has 0 saturated carbocycles. The summed E-state index contributed by atoms with van der Waals surface area (Å²) in [5.41, 5.74) is 5.14. The van der Waals surface area contributed by atoms with Gasteiger partial charge in [0, 0.05) is 18.0 Å². The molecule has 0 fully saturated rings. The van der Waals surface area contributed by atoms with Crippen molar-refractivity contribution in [3.63, 3.8) is 0 Å². The highest BCUT2D eigenvalue weighted by atomic mass is 127. The first kappa shape index (κ1) is 23.8. The zero-order chi connectivity index (χ0) is 19.2. The number of rotatable bonds is 6. The Bertz CT molecular complexity index is 722. The van der Waals surface area contributed by atoms with Crippen molar-refractivity contribution in [3.05, 3.63) is 51.5 Å². The molecule has 0 saturated heterocycles. The molecule has 5 nitrogen and oxygen atoms in total. The van der Waals surface area contributed by atoms with E-state index < -0.39 is 6.10 Å². The van der Waals surface area contributed by atoms with Gasteiger partial charge in [-0.25, -0.2) is 9.98 Å². The number of aromatic nitrogens is 1. The maximum Gasteiger partial charge on any atom is 0.191 e. The Hall–Kier alpha value is -1.19. The number of aliphatic imine (C=N–C) groups is 1. The first-order valence-corrected chi connectivity index (χ1v) is 9.89. The Morgan fingerprint density at radius 1 is 1.22 bits per heavy atom. The molecule has 0 amide bonds. The molecule has 1 heterocycles. The summed E-state index contributed by atoms with van der Waals surface area (Å²) in [4.78, 5) is 9.98. The molecular formula is C20H31IN4OS. The van der Waals surface area contributed by atoms with E-state index in [1.54, 1.807) is 11.3 Å². The van der Waals surface area contributed by atoms with Gasteiger partial charge in [-0.3, -0.25) is 0 Å². The summed E-state index contributed by atoms with van der Waals surface area (Å²) in [7, 11) is 0. The van der Waals surface area contributed by atoms with Crippen LogP contribution in [0.5, 0.6) is 0 Å². The summed E-state index contributed by atoms with van der Waals surface area (Å²) in [5.74, 6) is 0.700. The lowest BCUT2D eigenvalue weighted by molar-refractivity contribution is 0.181. The number of thiazole rings is 1. The van der Waals surface area contributed by atoms with Crippen molar-refractivity contribution in [2.45, 2.75) is 52.7 Å². The van der Waals surface area contributed by atoms with E-state index >= 15 is 0 Å². The van der Waals surface area contributed by atoms with Crippen LogP contribution in [0, 0.1) is 6.92 Å². The molecule has 1 aromatic carbocycles. The average molecular weight is 502 g/mol. The van der Waals surface area contributed by atoms with Crippen LogP contribution in [-0.4, -0.2) is 29.1 Å². The number of aryl methyl sites for hydroxylation is 1. The van der Waals surface area contributed by atoms with Crippen molar-refractivity contribution in [2.24, 2.45) is 4.99 Å². The van der Waals surface area contributed by atoms with Gasteiger partial charge in [0.2, 0.25) is 0 Å². The van der Waals surface area contributed by atoms with E-state index in [1.165, 1.54) is 5.56 Å². The monoisotopic (exact) mass is 502 g/mol. The Kier molecular flexibility index (Phi) is 9.69. The van der Waals surface area contributed by atoms with Crippen LogP contribution in [0.25, 0.3) is 0 Å². The van der Waals surface area contributed by atoms with E-state index in [-0.39, 0.29) is 29.4 Å². The lowest BCUT2D eigenvalue weighted by Gasteiger charge is -2.20. The third-order valence-electron chi connectivity index (χ3n) is 4.19. The predicted molar refractivity (Wildman–Crippen MR) is 125 cm³/mol. The number of aliphatic hydroxyl groups excluding tert-OH is 1.